The predicted octanol–water partition coefficient (Wildman–Crippen LogP) is 5.90. The molecule has 4 heterocycles. The van der Waals surface area contributed by atoms with E-state index in [0.29, 0.717) is 23.1 Å². The summed E-state index contributed by atoms with van der Waals surface area (Å²) < 4.78 is 10.5. The Morgan fingerprint density at radius 3 is 2.67 bits per heavy atom. The van der Waals surface area contributed by atoms with Crippen LogP contribution in [0.25, 0.3) is 43.9 Å². The average Bonchev–Trinajstić information content (AvgIpc) is 3.35. The van der Waals surface area contributed by atoms with Crippen molar-refractivity contribution in [2.75, 3.05) is 13.7 Å². The number of imidazole rings is 1. The van der Waals surface area contributed by atoms with E-state index in [1.54, 1.807) is 18.4 Å². The Kier molecular flexibility index (Phi) is 5.41. The zero-order valence-corrected chi connectivity index (χ0v) is 23.7. The number of amides is 1. The van der Waals surface area contributed by atoms with Crippen molar-refractivity contribution in [3.8, 4) is 27.7 Å². The molecule has 2 bridgehead atoms. The predicted molar refractivity (Wildman–Crippen MR) is 160 cm³/mol. The van der Waals surface area contributed by atoms with Crippen LogP contribution >= 0.6 is 11.3 Å². The summed E-state index contributed by atoms with van der Waals surface area (Å²) in [4.78, 5) is 22.1. The molecule has 3 fully saturated rings. The van der Waals surface area contributed by atoms with Gasteiger partial charge in [0.25, 0.3) is 5.91 Å². The van der Waals surface area contributed by atoms with Crippen LogP contribution in [0.3, 0.4) is 0 Å². The van der Waals surface area contributed by atoms with E-state index in [4.69, 9.17) is 15.5 Å². The summed E-state index contributed by atoms with van der Waals surface area (Å²) in [6.07, 6.45) is 4.64. The van der Waals surface area contributed by atoms with E-state index in [1.165, 1.54) is 34.2 Å². The van der Waals surface area contributed by atoms with Crippen LogP contribution in [0, 0.1) is 11.8 Å². The molecule has 0 unspecified atom stereocenters. The van der Waals surface area contributed by atoms with Gasteiger partial charge in [0.15, 0.2) is 5.82 Å². The maximum Gasteiger partial charge on any atom is 0.254 e. The van der Waals surface area contributed by atoms with Crippen LogP contribution in [-0.2, 0) is 13.6 Å². The molecule has 1 amide bonds. The number of likely N-dealkylation sites (tertiary alicyclic amines) is 1. The van der Waals surface area contributed by atoms with Crippen molar-refractivity contribution in [1.29, 1.82) is 0 Å². The highest BCUT2D eigenvalue weighted by Gasteiger charge is 2.47. The first-order chi connectivity index (χ1) is 19.5. The van der Waals surface area contributed by atoms with Crippen LogP contribution in [0.1, 0.15) is 36.0 Å². The topological polar surface area (TPSA) is 78.3 Å². The Morgan fingerprint density at radius 2 is 1.98 bits per heavy atom. The fourth-order valence-corrected chi connectivity index (χ4v) is 7.91. The minimum absolute atomic E-state index is 0.0264. The normalized spacial score (nSPS) is 22.2. The molecule has 40 heavy (non-hydrogen) atoms. The number of hydrogen-bond donors (Lipinski definition) is 1. The van der Waals surface area contributed by atoms with E-state index in [-0.39, 0.29) is 18.0 Å². The second kappa shape index (κ2) is 8.94. The quantitative estimate of drug-likeness (QED) is 0.285. The van der Waals surface area contributed by atoms with E-state index < -0.39 is 0 Å². The Labute approximate surface area is 237 Å². The summed E-state index contributed by atoms with van der Waals surface area (Å²) in [6, 6.07) is 17.2. The highest BCUT2D eigenvalue weighted by atomic mass is 32.1. The minimum atomic E-state index is 0.0264. The molecule has 3 atom stereocenters. The molecule has 3 aromatic heterocycles. The van der Waals surface area contributed by atoms with Gasteiger partial charge in [-0.25, -0.2) is 4.98 Å². The molecule has 7 nitrogen and oxygen atoms in total. The fourth-order valence-electron chi connectivity index (χ4n) is 7.16. The summed E-state index contributed by atoms with van der Waals surface area (Å²) in [6.45, 7) is 1.72. The summed E-state index contributed by atoms with van der Waals surface area (Å²) >= 11 is 1.78. The van der Waals surface area contributed by atoms with E-state index in [9.17, 15) is 4.79 Å². The standard InChI is InChI=1S/C32H33N5O2S/c1-35-30-23(13-21(15-26(30)39-2)32(38)37-17-20-10-11-24(37)28(20)33)34-31(35)25-14-19-5-3-6-22(27-7-4-12-40-27)29(19)36(25)16-18-8-9-18/h3-7,12-15,18,20,24,28H,8-11,16-17,33H2,1-2H3/t20-,24-,28-/m1/s1. The molecule has 0 spiro atoms. The number of aromatic nitrogens is 3. The van der Waals surface area contributed by atoms with Crippen molar-refractivity contribution in [3.63, 3.8) is 0 Å². The molecule has 3 aliphatic rings. The first-order valence-electron chi connectivity index (χ1n) is 14.3. The number of nitrogens with zero attached hydrogens (tertiary/aromatic N) is 4. The summed E-state index contributed by atoms with van der Waals surface area (Å²) in [5.74, 6) is 2.68. The van der Waals surface area contributed by atoms with Crippen LogP contribution in [0.15, 0.2) is 53.9 Å². The summed E-state index contributed by atoms with van der Waals surface area (Å²) in [7, 11) is 3.72. The molecule has 2 aromatic carbocycles. The van der Waals surface area contributed by atoms with Gasteiger partial charge in [-0.15, -0.1) is 11.3 Å². The van der Waals surface area contributed by atoms with E-state index in [0.717, 1.165) is 48.5 Å². The Balaban J connectivity index is 1.28. The third-order valence-corrected chi connectivity index (χ3v) is 10.3. The van der Waals surface area contributed by atoms with Gasteiger partial charge in [-0.3, -0.25) is 4.79 Å². The maximum atomic E-state index is 13.7. The van der Waals surface area contributed by atoms with Gasteiger partial charge < -0.3 is 24.5 Å². The SMILES string of the molecule is COc1cc(C(=O)N2C[C@H]3CC[C@@H]2[C@@H]3N)cc2nc(-c3cc4cccc(-c5cccs5)c4n3CC3CC3)n(C)c12. The van der Waals surface area contributed by atoms with Crippen LogP contribution in [0.4, 0.5) is 0 Å². The van der Waals surface area contributed by atoms with Gasteiger partial charge in [-0.05, 0) is 67.2 Å². The number of thiophene rings is 1. The molecule has 2 saturated carbocycles. The second-order valence-corrected chi connectivity index (χ2v) is 12.7. The first kappa shape index (κ1) is 24.2. The molecule has 0 radical (unpaired) electrons. The highest BCUT2D eigenvalue weighted by Crippen LogP contribution is 2.42. The first-order valence-corrected chi connectivity index (χ1v) is 15.2. The molecular weight excluding hydrogens is 518 g/mol. The van der Waals surface area contributed by atoms with Gasteiger partial charge >= 0.3 is 0 Å². The van der Waals surface area contributed by atoms with E-state index in [1.807, 2.05) is 24.1 Å². The number of benzene rings is 2. The lowest BCUT2D eigenvalue weighted by atomic mass is 10.1. The number of carbonyl (C=O) groups is 1. The fraction of sp³-hybridized carbons (Fsp3) is 0.375. The molecule has 2 aliphatic carbocycles. The largest absolute Gasteiger partial charge is 0.494 e. The third kappa shape index (κ3) is 3.58. The minimum Gasteiger partial charge on any atom is -0.494 e. The number of ether oxygens (including phenoxy) is 1. The zero-order chi connectivity index (χ0) is 27.1. The zero-order valence-electron chi connectivity index (χ0n) is 22.8. The molecule has 8 rings (SSSR count). The van der Waals surface area contributed by atoms with Gasteiger partial charge in [0, 0.05) is 53.6 Å². The number of para-hydroxylation sites is 1. The van der Waals surface area contributed by atoms with E-state index >= 15 is 0 Å². The van der Waals surface area contributed by atoms with Gasteiger partial charge in [-0.1, -0.05) is 24.3 Å². The van der Waals surface area contributed by atoms with Crippen LogP contribution in [0.2, 0.25) is 0 Å². The van der Waals surface area contributed by atoms with Crippen molar-refractivity contribution >= 4 is 39.2 Å². The monoisotopic (exact) mass is 551 g/mol. The third-order valence-electron chi connectivity index (χ3n) is 9.39. The number of methoxy groups -OCH3 is 1. The number of piperidine rings is 1. The molecule has 8 heteroatoms. The van der Waals surface area contributed by atoms with Crippen LogP contribution < -0.4 is 10.5 Å². The Morgan fingerprint density at radius 1 is 1.10 bits per heavy atom. The lowest BCUT2D eigenvalue weighted by Crippen LogP contribution is -2.41. The summed E-state index contributed by atoms with van der Waals surface area (Å²) in [5, 5.41) is 3.36. The van der Waals surface area contributed by atoms with Gasteiger partial charge in [0.2, 0.25) is 0 Å². The lowest BCUT2D eigenvalue weighted by Gasteiger charge is -2.27. The van der Waals surface area contributed by atoms with Crippen LogP contribution in [0.5, 0.6) is 5.75 Å². The molecule has 1 saturated heterocycles. The number of aryl methyl sites for hydroxylation is 1. The Hall–Kier alpha value is -3.62. The van der Waals surface area contributed by atoms with Crippen molar-refractivity contribution in [1.82, 2.24) is 19.0 Å². The van der Waals surface area contributed by atoms with Crippen molar-refractivity contribution < 1.29 is 9.53 Å². The smallest absolute Gasteiger partial charge is 0.254 e. The van der Waals surface area contributed by atoms with Gasteiger partial charge in [0.1, 0.15) is 11.3 Å². The highest BCUT2D eigenvalue weighted by molar-refractivity contribution is 7.13. The average molecular weight is 552 g/mol. The maximum absolute atomic E-state index is 13.7. The number of hydrogen-bond acceptors (Lipinski definition) is 5. The van der Waals surface area contributed by atoms with Crippen molar-refractivity contribution in [2.45, 2.75) is 44.3 Å². The number of nitrogens with two attached hydrogens (primary N) is 1. The van der Waals surface area contributed by atoms with Crippen LogP contribution in [-0.4, -0.2) is 50.7 Å². The molecule has 2 N–H and O–H groups in total. The molecule has 5 aromatic rings. The van der Waals surface area contributed by atoms with Gasteiger partial charge in [0.05, 0.1) is 23.8 Å². The lowest BCUT2D eigenvalue weighted by molar-refractivity contribution is 0.0700. The number of fused-ring (bicyclic) bond motifs is 4. The number of carbonyl (C=O) groups excluding carboxylic acids is 1. The Bertz CT molecular complexity index is 1780. The van der Waals surface area contributed by atoms with Gasteiger partial charge in [-0.2, -0.15) is 0 Å². The second-order valence-electron chi connectivity index (χ2n) is 11.8. The molecule has 204 valence electrons. The summed E-state index contributed by atoms with van der Waals surface area (Å²) in [5.41, 5.74) is 12.3. The number of rotatable bonds is 6. The van der Waals surface area contributed by atoms with Crippen molar-refractivity contribution in [2.24, 2.45) is 24.6 Å². The van der Waals surface area contributed by atoms with Crippen molar-refractivity contribution in [3.05, 3.63) is 59.5 Å². The molecular formula is C32H33N5O2S. The molecule has 1 aliphatic heterocycles. The van der Waals surface area contributed by atoms with E-state index in [2.05, 4.69) is 50.9 Å².